The number of carbonyl (C=O) groups excluding carboxylic acids is 1. The Labute approximate surface area is 125 Å². The number of rotatable bonds is 5. The van der Waals surface area contributed by atoms with Crippen LogP contribution in [0.4, 0.5) is 0 Å². The predicted octanol–water partition coefficient (Wildman–Crippen LogP) is 0.821. The lowest BCUT2D eigenvalue weighted by Gasteiger charge is -2.32. The Morgan fingerprint density at radius 2 is 2.00 bits per heavy atom. The van der Waals surface area contributed by atoms with Crippen molar-refractivity contribution in [2.45, 2.75) is 43.2 Å². The van der Waals surface area contributed by atoms with Crippen LogP contribution in [-0.2, 0) is 14.8 Å². The Kier molecular flexibility index (Phi) is 5.00. The van der Waals surface area contributed by atoms with Gasteiger partial charge >= 0.3 is 0 Å². The van der Waals surface area contributed by atoms with Crippen molar-refractivity contribution in [1.29, 1.82) is 0 Å². The minimum absolute atomic E-state index is 0.00174. The highest BCUT2D eigenvalue weighted by molar-refractivity contribution is 7.89. The van der Waals surface area contributed by atoms with E-state index in [1.807, 2.05) is 0 Å². The van der Waals surface area contributed by atoms with Gasteiger partial charge in [0.25, 0.3) is 10.0 Å². The zero-order valence-electron chi connectivity index (χ0n) is 12.4. The average Bonchev–Trinajstić information content (AvgIpc) is 3.02. The Balaban J connectivity index is 1.98. The standard InChI is InChI=1S/C13H22N4O3S/c1-16(21(19,20)12-8-14-10-15-12)9-13(18)17(2)11-6-4-3-5-7-11/h8,10-11H,3-7,9H2,1-2H3,(H,14,15). The second-order valence-electron chi connectivity index (χ2n) is 5.47. The van der Waals surface area contributed by atoms with Gasteiger partial charge in [0.15, 0.2) is 5.03 Å². The fraction of sp³-hybridized carbons (Fsp3) is 0.692. The summed E-state index contributed by atoms with van der Waals surface area (Å²) in [5.41, 5.74) is 0. The number of carbonyl (C=O) groups is 1. The Morgan fingerprint density at radius 3 is 2.57 bits per heavy atom. The molecule has 0 spiro atoms. The number of H-pyrrole nitrogens is 1. The zero-order chi connectivity index (χ0) is 15.5. The molecule has 1 saturated carbocycles. The van der Waals surface area contributed by atoms with Crippen molar-refractivity contribution in [3.8, 4) is 0 Å². The summed E-state index contributed by atoms with van der Waals surface area (Å²) in [6.07, 6.45) is 8.01. The summed E-state index contributed by atoms with van der Waals surface area (Å²) in [5.74, 6) is -0.174. The number of hydrogen-bond donors (Lipinski definition) is 1. The molecule has 1 aromatic heterocycles. The van der Waals surface area contributed by atoms with E-state index in [1.165, 1.54) is 26.0 Å². The first-order chi connectivity index (χ1) is 9.93. The maximum absolute atomic E-state index is 12.3. The molecule has 0 unspecified atom stereocenters. The molecule has 0 saturated heterocycles. The van der Waals surface area contributed by atoms with E-state index >= 15 is 0 Å². The van der Waals surface area contributed by atoms with Crippen molar-refractivity contribution in [1.82, 2.24) is 19.2 Å². The third-order valence-electron chi connectivity index (χ3n) is 4.04. The molecule has 0 bridgehead atoms. The van der Waals surface area contributed by atoms with Gasteiger partial charge in [0.1, 0.15) is 0 Å². The second kappa shape index (κ2) is 6.57. The fourth-order valence-corrected chi connectivity index (χ4v) is 3.62. The number of sulfonamides is 1. The number of amides is 1. The third-order valence-corrected chi connectivity index (χ3v) is 5.76. The number of hydrogen-bond acceptors (Lipinski definition) is 4. The van der Waals surface area contributed by atoms with E-state index in [2.05, 4.69) is 9.97 Å². The molecular weight excluding hydrogens is 292 g/mol. The Bertz CT molecular complexity index is 564. The molecule has 1 aliphatic carbocycles. The highest BCUT2D eigenvalue weighted by Crippen LogP contribution is 2.22. The minimum Gasteiger partial charge on any atom is -0.342 e. The molecule has 21 heavy (non-hydrogen) atoms. The van der Waals surface area contributed by atoms with Crippen LogP contribution in [0.15, 0.2) is 17.6 Å². The van der Waals surface area contributed by atoms with Gasteiger partial charge in [-0.15, -0.1) is 0 Å². The van der Waals surface area contributed by atoms with Gasteiger partial charge in [-0.25, -0.2) is 13.4 Å². The predicted molar refractivity (Wildman–Crippen MR) is 78.0 cm³/mol. The van der Waals surface area contributed by atoms with Gasteiger partial charge in [-0.05, 0) is 12.8 Å². The van der Waals surface area contributed by atoms with Crippen LogP contribution in [0.5, 0.6) is 0 Å². The molecule has 0 aliphatic heterocycles. The molecule has 2 rings (SSSR count). The molecule has 8 heteroatoms. The van der Waals surface area contributed by atoms with Crippen molar-refractivity contribution in [3.05, 3.63) is 12.5 Å². The normalized spacial score (nSPS) is 17.1. The summed E-state index contributed by atoms with van der Waals surface area (Å²) in [4.78, 5) is 20.2. The summed E-state index contributed by atoms with van der Waals surface area (Å²) in [6.45, 7) is -0.158. The summed E-state index contributed by atoms with van der Waals surface area (Å²) in [7, 11) is -0.523. The second-order valence-corrected chi connectivity index (χ2v) is 7.49. The van der Waals surface area contributed by atoms with Gasteiger partial charge in [0.2, 0.25) is 5.91 Å². The molecule has 1 heterocycles. The van der Waals surface area contributed by atoms with E-state index in [9.17, 15) is 13.2 Å². The van der Waals surface area contributed by atoms with Crippen LogP contribution >= 0.6 is 0 Å². The largest absolute Gasteiger partial charge is 0.342 e. The molecule has 1 aliphatic rings. The summed E-state index contributed by atoms with van der Waals surface area (Å²) >= 11 is 0. The van der Waals surface area contributed by atoms with Crippen LogP contribution in [0, 0.1) is 0 Å². The number of imidazole rings is 1. The number of likely N-dealkylation sites (N-methyl/N-ethyl adjacent to an activating group) is 2. The van der Waals surface area contributed by atoms with E-state index < -0.39 is 10.0 Å². The summed E-state index contributed by atoms with van der Waals surface area (Å²) in [6, 6.07) is 0.231. The minimum atomic E-state index is -3.69. The van der Waals surface area contributed by atoms with Crippen molar-refractivity contribution in [3.63, 3.8) is 0 Å². The molecule has 118 valence electrons. The average molecular weight is 314 g/mol. The lowest BCUT2D eigenvalue weighted by atomic mass is 9.94. The smallest absolute Gasteiger partial charge is 0.260 e. The third kappa shape index (κ3) is 3.62. The number of aromatic nitrogens is 2. The first-order valence-electron chi connectivity index (χ1n) is 7.13. The van der Waals surface area contributed by atoms with Crippen LogP contribution in [0.1, 0.15) is 32.1 Å². The molecule has 0 radical (unpaired) electrons. The molecule has 1 fully saturated rings. The van der Waals surface area contributed by atoms with Crippen LogP contribution in [-0.4, -0.2) is 60.2 Å². The van der Waals surface area contributed by atoms with Crippen molar-refractivity contribution < 1.29 is 13.2 Å². The molecule has 0 aromatic carbocycles. The SMILES string of the molecule is CN(C(=O)CN(C)S(=O)(=O)c1cnc[nH]1)C1CCCCC1. The van der Waals surface area contributed by atoms with E-state index in [-0.39, 0.29) is 23.5 Å². The van der Waals surface area contributed by atoms with Gasteiger partial charge < -0.3 is 9.88 Å². The molecular formula is C13H22N4O3S. The topological polar surface area (TPSA) is 86.4 Å². The lowest BCUT2D eigenvalue weighted by molar-refractivity contribution is -0.132. The highest BCUT2D eigenvalue weighted by Gasteiger charge is 2.28. The highest BCUT2D eigenvalue weighted by atomic mass is 32.2. The zero-order valence-corrected chi connectivity index (χ0v) is 13.3. The molecule has 1 aromatic rings. The van der Waals surface area contributed by atoms with Crippen LogP contribution in [0.3, 0.4) is 0 Å². The number of aromatic amines is 1. The van der Waals surface area contributed by atoms with Gasteiger partial charge in [-0.3, -0.25) is 4.79 Å². The summed E-state index contributed by atoms with van der Waals surface area (Å²) < 4.78 is 25.5. The van der Waals surface area contributed by atoms with Crippen LogP contribution < -0.4 is 0 Å². The lowest BCUT2D eigenvalue weighted by Crippen LogP contribution is -2.44. The quantitative estimate of drug-likeness (QED) is 0.872. The first-order valence-corrected chi connectivity index (χ1v) is 8.57. The van der Waals surface area contributed by atoms with Crippen molar-refractivity contribution in [2.75, 3.05) is 20.6 Å². The molecule has 7 nitrogen and oxygen atoms in total. The van der Waals surface area contributed by atoms with E-state index in [1.54, 1.807) is 11.9 Å². The maximum Gasteiger partial charge on any atom is 0.260 e. The molecule has 1 N–H and O–H groups in total. The maximum atomic E-state index is 12.3. The van der Waals surface area contributed by atoms with E-state index in [4.69, 9.17) is 0 Å². The summed E-state index contributed by atoms with van der Waals surface area (Å²) in [5, 5.41) is -0.00174. The number of nitrogens with one attached hydrogen (secondary N) is 1. The Hall–Kier alpha value is -1.41. The fourth-order valence-electron chi connectivity index (χ4n) is 2.61. The van der Waals surface area contributed by atoms with Gasteiger partial charge in [0, 0.05) is 20.1 Å². The van der Waals surface area contributed by atoms with Crippen LogP contribution in [0.2, 0.25) is 0 Å². The number of nitrogens with zero attached hydrogens (tertiary/aromatic N) is 3. The molecule has 1 amide bonds. The van der Waals surface area contributed by atoms with Crippen molar-refractivity contribution in [2.24, 2.45) is 0 Å². The first kappa shape index (κ1) is 16.0. The monoisotopic (exact) mass is 314 g/mol. The van der Waals surface area contributed by atoms with Gasteiger partial charge in [-0.2, -0.15) is 4.31 Å². The van der Waals surface area contributed by atoms with Gasteiger partial charge in [0.05, 0.1) is 19.1 Å². The van der Waals surface area contributed by atoms with Gasteiger partial charge in [-0.1, -0.05) is 19.3 Å². The Morgan fingerprint density at radius 1 is 1.33 bits per heavy atom. The van der Waals surface area contributed by atoms with Crippen molar-refractivity contribution >= 4 is 15.9 Å². The molecule has 0 atom stereocenters. The van der Waals surface area contributed by atoms with E-state index in [0.29, 0.717) is 0 Å². The van der Waals surface area contributed by atoms with E-state index in [0.717, 1.165) is 30.0 Å². The van der Waals surface area contributed by atoms with Crippen LogP contribution in [0.25, 0.3) is 0 Å².